The monoisotopic (exact) mass is 258 g/mol. The molecule has 0 amide bonds. The minimum atomic E-state index is -0.276. The summed E-state index contributed by atoms with van der Waals surface area (Å²) in [5.41, 5.74) is 9.25. The van der Waals surface area contributed by atoms with Crippen LogP contribution in [0.15, 0.2) is 42.0 Å². The molecule has 2 aliphatic carbocycles. The number of nitrogens with two attached hydrogens (primary N) is 1. The molecule has 0 spiro atoms. The van der Waals surface area contributed by atoms with Crippen molar-refractivity contribution in [2.45, 2.75) is 13.3 Å². The van der Waals surface area contributed by atoms with Gasteiger partial charge in [0.15, 0.2) is 0 Å². The molecule has 0 aliphatic heterocycles. The van der Waals surface area contributed by atoms with E-state index in [2.05, 4.69) is 19.1 Å². The van der Waals surface area contributed by atoms with Crippen molar-refractivity contribution in [1.29, 1.82) is 5.41 Å². The normalized spacial score (nSPS) is 29.1. The first-order chi connectivity index (χ1) is 8.54. The van der Waals surface area contributed by atoms with Gasteiger partial charge < -0.3 is 5.73 Å². The van der Waals surface area contributed by atoms with Crippen molar-refractivity contribution in [3.05, 3.63) is 52.6 Å². The Morgan fingerprint density at radius 3 is 2.67 bits per heavy atom. The smallest absolute Gasteiger partial charge is 0.105 e. The zero-order valence-corrected chi connectivity index (χ0v) is 11.0. The number of benzene rings is 1. The van der Waals surface area contributed by atoms with Crippen LogP contribution in [0.3, 0.4) is 0 Å². The Morgan fingerprint density at radius 1 is 1.39 bits per heavy atom. The van der Waals surface area contributed by atoms with E-state index in [1.54, 1.807) is 0 Å². The van der Waals surface area contributed by atoms with Crippen LogP contribution in [-0.2, 0) is 0 Å². The van der Waals surface area contributed by atoms with Gasteiger partial charge in [-0.25, -0.2) is 0 Å². The first-order valence-electron chi connectivity index (χ1n) is 6.08. The summed E-state index contributed by atoms with van der Waals surface area (Å²) in [5.74, 6) is 0.628. The van der Waals surface area contributed by atoms with E-state index in [4.69, 9.17) is 22.7 Å². The molecule has 2 aliphatic rings. The van der Waals surface area contributed by atoms with Crippen LogP contribution in [0, 0.1) is 16.7 Å². The maximum Gasteiger partial charge on any atom is 0.105 e. The van der Waals surface area contributed by atoms with Gasteiger partial charge in [-0.2, -0.15) is 0 Å². The third-order valence-electron chi connectivity index (χ3n) is 3.95. The van der Waals surface area contributed by atoms with Gasteiger partial charge in [-0.05, 0) is 41.2 Å². The van der Waals surface area contributed by atoms with Gasteiger partial charge in [0.05, 0.1) is 5.41 Å². The van der Waals surface area contributed by atoms with Crippen molar-refractivity contribution in [2.75, 3.05) is 0 Å². The largest absolute Gasteiger partial charge is 0.387 e. The minimum Gasteiger partial charge on any atom is -0.387 e. The molecule has 0 saturated heterocycles. The van der Waals surface area contributed by atoms with Gasteiger partial charge in [0.25, 0.3) is 0 Å². The quantitative estimate of drug-likeness (QED) is 0.475. The Labute approximate surface area is 112 Å². The third kappa shape index (κ3) is 1.52. The lowest BCUT2D eigenvalue weighted by Crippen LogP contribution is -2.24. The number of halogens is 1. The second-order valence-electron chi connectivity index (χ2n) is 5.11. The van der Waals surface area contributed by atoms with Gasteiger partial charge in [-0.3, -0.25) is 5.41 Å². The zero-order chi connectivity index (χ0) is 12.9. The molecule has 2 nitrogen and oxygen atoms in total. The van der Waals surface area contributed by atoms with E-state index in [0.29, 0.717) is 5.92 Å². The maximum atomic E-state index is 7.75. The second kappa shape index (κ2) is 3.72. The zero-order valence-electron chi connectivity index (χ0n) is 10.2. The Hall–Kier alpha value is -1.54. The minimum absolute atomic E-state index is 0.257. The molecule has 3 heteroatoms. The highest BCUT2D eigenvalue weighted by Gasteiger charge is 2.53. The lowest BCUT2D eigenvalue weighted by molar-refractivity contribution is 0.860. The molecule has 1 aromatic carbocycles. The summed E-state index contributed by atoms with van der Waals surface area (Å²) < 4.78 is 0. The van der Waals surface area contributed by atoms with Gasteiger partial charge >= 0.3 is 0 Å². The van der Waals surface area contributed by atoms with E-state index in [1.807, 2.05) is 24.3 Å². The number of hydrogen-bond acceptors (Lipinski definition) is 1. The van der Waals surface area contributed by atoms with Crippen LogP contribution in [0.4, 0.5) is 0 Å². The number of amidine groups is 1. The topological polar surface area (TPSA) is 49.9 Å². The Bertz CT molecular complexity index is 583. The van der Waals surface area contributed by atoms with Gasteiger partial charge in [0.1, 0.15) is 5.84 Å². The summed E-state index contributed by atoms with van der Waals surface area (Å²) in [6.07, 6.45) is 5.14. The van der Waals surface area contributed by atoms with E-state index in [0.717, 1.165) is 11.4 Å². The van der Waals surface area contributed by atoms with Gasteiger partial charge in [0, 0.05) is 5.02 Å². The van der Waals surface area contributed by atoms with Crippen LogP contribution < -0.4 is 5.73 Å². The predicted octanol–water partition coefficient (Wildman–Crippen LogP) is 3.63. The number of allylic oxidation sites excluding steroid dienone is 2. The highest BCUT2D eigenvalue weighted by Crippen LogP contribution is 2.60. The van der Waals surface area contributed by atoms with Crippen LogP contribution in [0.5, 0.6) is 0 Å². The van der Waals surface area contributed by atoms with E-state index in [-0.39, 0.29) is 11.3 Å². The van der Waals surface area contributed by atoms with E-state index >= 15 is 0 Å². The van der Waals surface area contributed by atoms with Crippen LogP contribution in [-0.4, -0.2) is 5.84 Å². The molecule has 1 saturated carbocycles. The maximum absolute atomic E-state index is 7.75. The summed E-state index contributed by atoms with van der Waals surface area (Å²) in [6.45, 7) is 2.18. The summed E-state index contributed by atoms with van der Waals surface area (Å²) >= 11 is 5.93. The van der Waals surface area contributed by atoms with Crippen molar-refractivity contribution < 1.29 is 0 Å². The molecule has 0 radical (unpaired) electrons. The van der Waals surface area contributed by atoms with Crippen LogP contribution >= 0.6 is 11.6 Å². The van der Waals surface area contributed by atoms with E-state index < -0.39 is 0 Å². The van der Waals surface area contributed by atoms with Gasteiger partial charge in [0.2, 0.25) is 0 Å². The summed E-state index contributed by atoms with van der Waals surface area (Å²) in [6, 6.07) is 7.91. The SMILES string of the molecule is CC1C=CC2(C(=N)N)CC2=C1c1ccc(Cl)cc1. The van der Waals surface area contributed by atoms with E-state index in [1.165, 1.54) is 16.7 Å². The fourth-order valence-corrected chi connectivity index (χ4v) is 2.95. The van der Waals surface area contributed by atoms with Crippen molar-refractivity contribution in [1.82, 2.24) is 0 Å². The summed E-state index contributed by atoms with van der Waals surface area (Å²) in [5, 5.41) is 8.50. The molecule has 3 N–H and O–H groups in total. The Morgan fingerprint density at radius 2 is 2.06 bits per heavy atom. The second-order valence-corrected chi connectivity index (χ2v) is 5.55. The van der Waals surface area contributed by atoms with Crippen molar-refractivity contribution >= 4 is 23.0 Å². The number of hydrogen-bond donors (Lipinski definition) is 2. The molecule has 0 aromatic heterocycles. The third-order valence-corrected chi connectivity index (χ3v) is 4.21. The first-order valence-corrected chi connectivity index (χ1v) is 6.46. The lowest BCUT2D eigenvalue weighted by Gasteiger charge is -2.20. The molecule has 0 bridgehead atoms. The number of rotatable bonds is 2. The first kappa shape index (κ1) is 11.5. The fourth-order valence-electron chi connectivity index (χ4n) is 2.82. The Balaban J connectivity index is 2.09. The molecule has 3 rings (SSSR count). The van der Waals surface area contributed by atoms with E-state index in [9.17, 15) is 0 Å². The van der Waals surface area contributed by atoms with Crippen LogP contribution in [0.1, 0.15) is 18.9 Å². The summed E-state index contributed by atoms with van der Waals surface area (Å²) in [7, 11) is 0. The number of fused-ring (bicyclic) bond motifs is 1. The standard InChI is InChI=1S/C15H15ClN2/c1-9-6-7-15(14(17)18)8-12(15)13(9)10-2-4-11(16)5-3-10/h2-7,9H,8H2,1H3,(H3,17,18). The number of nitrogens with one attached hydrogen (secondary N) is 1. The summed E-state index contributed by atoms with van der Waals surface area (Å²) in [4.78, 5) is 0. The van der Waals surface area contributed by atoms with Crippen LogP contribution in [0.2, 0.25) is 5.02 Å². The molecule has 18 heavy (non-hydrogen) atoms. The molecule has 2 unspecified atom stereocenters. The lowest BCUT2D eigenvalue weighted by atomic mass is 9.85. The average Bonchev–Trinajstić information content (AvgIpc) is 3.07. The Kier molecular flexibility index (Phi) is 2.39. The van der Waals surface area contributed by atoms with Crippen molar-refractivity contribution in [3.63, 3.8) is 0 Å². The van der Waals surface area contributed by atoms with Gasteiger partial charge in [-0.15, -0.1) is 0 Å². The van der Waals surface area contributed by atoms with Crippen LogP contribution in [0.25, 0.3) is 5.57 Å². The van der Waals surface area contributed by atoms with Gasteiger partial charge in [-0.1, -0.05) is 42.8 Å². The molecule has 1 aromatic rings. The molecular formula is C15H15ClN2. The molecule has 2 atom stereocenters. The molecule has 1 fully saturated rings. The molecule has 92 valence electrons. The predicted molar refractivity (Wildman–Crippen MR) is 75.6 cm³/mol. The molecular weight excluding hydrogens is 244 g/mol. The molecule has 0 heterocycles. The highest BCUT2D eigenvalue weighted by molar-refractivity contribution is 6.30. The average molecular weight is 259 g/mol. The van der Waals surface area contributed by atoms with Crippen molar-refractivity contribution in [2.24, 2.45) is 17.1 Å². The highest BCUT2D eigenvalue weighted by atomic mass is 35.5. The fraction of sp³-hybridized carbons (Fsp3) is 0.267. The van der Waals surface area contributed by atoms with Crippen molar-refractivity contribution in [3.8, 4) is 0 Å².